The van der Waals surface area contributed by atoms with Gasteiger partial charge in [-0.3, -0.25) is 4.57 Å². The van der Waals surface area contributed by atoms with Crippen molar-refractivity contribution in [1.82, 2.24) is 0 Å². The van der Waals surface area contributed by atoms with Crippen LogP contribution in [0.15, 0.2) is 48.5 Å². The zero-order valence-electron chi connectivity index (χ0n) is 16.9. The third-order valence-electron chi connectivity index (χ3n) is 3.91. The molecule has 0 radical (unpaired) electrons. The molecule has 2 rings (SSSR count). The number of hydrogen-bond donors (Lipinski definition) is 0. The van der Waals surface area contributed by atoms with Crippen molar-refractivity contribution < 1.29 is 56.6 Å². The Hall–Kier alpha value is -0.872. The van der Waals surface area contributed by atoms with Crippen LogP contribution in [0.2, 0.25) is 0 Å². The molecule has 0 bridgehead atoms. The fourth-order valence-corrected chi connectivity index (χ4v) is 4.62. The maximum atomic E-state index is 13.4. The zero-order valence-corrected chi connectivity index (χ0v) is 20.9. The van der Waals surface area contributed by atoms with E-state index in [-0.39, 0.29) is 46.7 Å². The first kappa shape index (κ1) is 28.1. The molecule has 164 valence electrons. The normalized spacial score (nSPS) is 11.7. The van der Waals surface area contributed by atoms with Gasteiger partial charge < -0.3 is 36.2 Å². The van der Waals surface area contributed by atoms with Gasteiger partial charge in [0.2, 0.25) is 0 Å². The standard InChI is InChI=1S/C20H27NO5P.ClH.Pt/c1-5-25-27(22,26-6-2)20(17-10-8-7-9-11-17)21-15-16-12-13-18(23-3)19(14-16)24-4;;/h7-14,20H,5-6,15H2,1-4H3;1H;/q-1;;+2/p-1. The molecule has 6 nitrogen and oxygen atoms in total. The van der Waals surface area contributed by atoms with Crippen LogP contribution >= 0.6 is 7.60 Å². The molecule has 2 aromatic rings. The van der Waals surface area contributed by atoms with Crippen LogP contribution in [0, 0.1) is 0 Å². The SMILES string of the molecule is CCOP(=O)(OCC)C([N-]Cc1ccc(OC)c(OC)c1)c1ccccc1.[Cl-].[Pt+2]. The van der Waals surface area contributed by atoms with Gasteiger partial charge in [-0.25, -0.2) is 0 Å². The van der Waals surface area contributed by atoms with Crippen molar-refractivity contribution in [3.63, 3.8) is 0 Å². The Morgan fingerprint density at radius 1 is 0.931 bits per heavy atom. The van der Waals surface area contributed by atoms with Gasteiger partial charge in [-0.1, -0.05) is 47.5 Å². The quantitative estimate of drug-likeness (QED) is 0.361. The van der Waals surface area contributed by atoms with E-state index in [2.05, 4.69) is 0 Å². The monoisotopic (exact) mass is 622 g/mol. The number of hydrogen-bond acceptors (Lipinski definition) is 5. The second kappa shape index (κ2) is 14.2. The summed E-state index contributed by atoms with van der Waals surface area (Å²) < 4.78 is 35.1. The van der Waals surface area contributed by atoms with Crippen molar-refractivity contribution in [1.29, 1.82) is 0 Å². The number of nitrogens with zero attached hydrogens (tertiary/aromatic N) is 1. The van der Waals surface area contributed by atoms with Crippen molar-refractivity contribution in [3.05, 3.63) is 65.0 Å². The molecule has 0 amide bonds. The van der Waals surface area contributed by atoms with Crippen LogP contribution in [-0.2, 0) is 41.2 Å². The third-order valence-corrected chi connectivity index (χ3v) is 6.21. The van der Waals surface area contributed by atoms with Crippen LogP contribution in [0.5, 0.6) is 11.5 Å². The smallest absolute Gasteiger partial charge is 1.00 e. The first-order valence-electron chi connectivity index (χ1n) is 8.89. The fraction of sp³-hybridized carbons (Fsp3) is 0.400. The summed E-state index contributed by atoms with van der Waals surface area (Å²) in [5, 5.41) is 4.69. The zero-order chi connectivity index (χ0) is 19.7. The van der Waals surface area contributed by atoms with E-state index < -0.39 is 13.4 Å². The maximum Gasteiger partial charge on any atom is 2.00 e. The Morgan fingerprint density at radius 3 is 2.03 bits per heavy atom. The summed E-state index contributed by atoms with van der Waals surface area (Å²) in [5.74, 6) is 0.570. The predicted octanol–water partition coefficient (Wildman–Crippen LogP) is 2.54. The van der Waals surface area contributed by atoms with Gasteiger partial charge in [0.05, 0.1) is 27.4 Å². The molecule has 29 heavy (non-hydrogen) atoms. The molecular formula is C20H27ClNO5PPt. The van der Waals surface area contributed by atoms with Gasteiger partial charge in [-0.2, -0.15) is 0 Å². The van der Waals surface area contributed by atoms with E-state index in [9.17, 15) is 4.57 Å². The number of benzene rings is 2. The molecule has 0 saturated carbocycles. The molecule has 9 heteroatoms. The van der Waals surface area contributed by atoms with E-state index in [1.807, 2.05) is 48.5 Å². The number of ether oxygens (including phenoxy) is 2. The molecule has 0 aromatic heterocycles. The molecule has 0 N–H and O–H groups in total. The Bertz CT molecular complexity index is 756. The van der Waals surface area contributed by atoms with Crippen LogP contribution in [-0.4, -0.2) is 27.4 Å². The minimum atomic E-state index is -3.45. The van der Waals surface area contributed by atoms with Crippen LogP contribution in [0.3, 0.4) is 0 Å². The Balaban J connectivity index is 0.00000392. The van der Waals surface area contributed by atoms with Crippen LogP contribution in [0.4, 0.5) is 0 Å². The molecule has 2 aromatic carbocycles. The van der Waals surface area contributed by atoms with Gasteiger partial charge in [-0.05, 0) is 31.8 Å². The van der Waals surface area contributed by atoms with Gasteiger partial charge >= 0.3 is 28.7 Å². The predicted molar refractivity (Wildman–Crippen MR) is 107 cm³/mol. The maximum absolute atomic E-state index is 13.4. The second-order valence-electron chi connectivity index (χ2n) is 5.69. The Labute approximate surface area is 193 Å². The number of halogens is 1. The molecule has 0 spiro atoms. The summed E-state index contributed by atoms with van der Waals surface area (Å²) in [6.07, 6.45) is 0. The number of methoxy groups -OCH3 is 2. The van der Waals surface area contributed by atoms with Crippen molar-refractivity contribution >= 4 is 7.60 Å². The second-order valence-corrected chi connectivity index (χ2v) is 7.77. The van der Waals surface area contributed by atoms with Crippen molar-refractivity contribution in [2.75, 3.05) is 27.4 Å². The van der Waals surface area contributed by atoms with E-state index in [0.29, 0.717) is 18.0 Å². The van der Waals surface area contributed by atoms with E-state index in [4.69, 9.17) is 23.8 Å². The molecule has 0 heterocycles. The summed E-state index contributed by atoms with van der Waals surface area (Å²) in [4.78, 5) is 0. The third kappa shape index (κ3) is 7.71. The first-order chi connectivity index (χ1) is 13.1. The molecule has 0 aliphatic rings. The molecule has 0 saturated heterocycles. The average molecular weight is 623 g/mol. The summed E-state index contributed by atoms with van der Waals surface area (Å²) in [6.45, 7) is 4.49. The minimum Gasteiger partial charge on any atom is -1.00 e. The first-order valence-corrected chi connectivity index (χ1v) is 10.5. The van der Waals surface area contributed by atoms with Crippen molar-refractivity contribution in [2.24, 2.45) is 0 Å². The van der Waals surface area contributed by atoms with E-state index in [1.165, 1.54) is 0 Å². The molecule has 0 aliphatic carbocycles. The molecule has 0 fully saturated rings. The van der Waals surface area contributed by atoms with E-state index in [1.54, 1.807) is 28.1 Å². The van der Waals surface area contributed by atoms with Crippen LogP contribution in [0.1, 0.15) is 30.8 Å². The van der Waals surface area contributed by atoms with Crippen molar-refractivity contribution in [3.8, 4) is 11.5 Å². The summed E-state index contributed by atoms with van der Waals surface area (Å²) in [5.41, 5.74) is 1.70. The van der Waals surface area contributed by atoms with Gasteiger partial charge in [-0.15, -0.1) is 6.54 Å². The molecule has 1 unspecified atom stereocenters. The summed E-state index contributed by atoms with van der Waals surface area (Å²) >= 11 is 0. The molecule has 0 aliphatic heterocycles. The van der Waals surface area contributed by atoms with Gasteiger partial charge in [0, 0.05) is 0 Å². The Kier molecular flexibility index (Phi) is 13.8. The summed E-state index contributed by atoms with van der Waals surface area (Å²) in [6, 6.07) is 15.0. The minimum absolute atomic E-state index is 0. The average Bonchev–Trinajstić information content (AvgIpc) is 2.69. The summed E-state index contributed by atoms with van der Waals surface area (Å²) in [7, 11) is -0.267. The van der Waals surface area contributed by atoms with Gasteiger partial charge in [0.1, 0.15) is 0 Å². The van der Waals surface area contributed by atoms with Crippen molar-refractivity contribution in [2.45, 2.75) is 26.2 Å². The van der Waals surface area contributed by atoms with Crippen LogP contribution in [0.25, 0.3) is 5.32 Å². The topological polar surface area (TPSA) is 68.1 Å². The molecular weight excluding hydrogens is 596 g/mol. The largest absolute Gasteiger partial charge is 2.00 e. The Morgan fingerprint density at radius 2 is 1.52 bits per heavy atom. The van der Waals surface area contributed by atoms with Gasteiger partial charge in [0.25, 0.3) is 0 Å². The molecule has 1 atom stereocenters. The van der Waals surface area contributed by atoms with E-state index in [0.717, 1.165) is 11.1 Å². The number of rotatable bonds is 11. The van der Waals surface area contributed by atoms with Gasteiger partial charge in [0.15, 0.2) is 11.5 Å². The fourth-order valence-electron chi connectivity index (χ4n) is 2.72. The van der Waals surface area contributed by atoms with Crippen LogP contribution < -0.4 is 21.9 Å². The van der Waals surface area contributed by atoms with E-state index >= 15 is 0 Å².